The topological polar surface area (TPSA) is 9.23 Å². The Labute approximate surface area is 45.7 Å². The zero-order valence-corrected chi connectivity index (χ0v) is 4.81. The Balaban J connectivity index is 2.83. The fourth-order valence-corrected chi connectivity index (χ4v) is 0.346. The molecule has 1 unspecified atom stereocenters. The summed E-state index contributed by atoms with van der Waals surface area (Å²) in [6.45, 7) is 7.34. The zero-order chi connectivity index (χ0) is 5.70. The van der Waals surface area contributed by atoms with Gasteiger partial charge < -0.3 is 4.74 Å². The second kappa shape index (κ2) is 4.13. The van der Waals surface area contributed by atoms with Gasteiger partial charge >= 0.3 is 0 Å². The maximum atomic E-state index is 4.84. The molecule has 2 radical (unpaired) electrons. The fourth-order valence-electron chi connectivity index (χ4n) is 0.346. The second-order valence-corrected chi connectivity index (χ2v) is 1.50. The lowest BCUT2D eigenvalue weighted by Crippen LogP contribution is -2.02. The van der Waals surface area contributed by atoms with E-state index >= 15 is 0 Å². The van der Waals surface area contributed by atoms with Gasteiger partial charge in [0.05, 0.1) is 6.10 Å². The molecule has 1 atom stereocenters. The number of rotatable bonds is 3. The molecule has 0 aliphatic carbocycles. The van der Waals surface area contributed by atoms with Crippen LogP contribution in [0.15, 0.2) is 0 Å². The van der Waals surface area contributed by atoms with Gasteiger partial charge in [-0.1, -0.05) is 13.3 Å². The maximum Gasteiger partial charge on any atom is 0.0572 e. The number of hydrogen-bond acceptors (Lipinski definition) is 1. The van der Waals surface area contributed by atoms with Gasteiger partial charge in [0.2, 0.25) is 0 Å². The lowest BCUT2D eigenvalue weighted by molar-refractivity contribution is 0.132. The first-order valence-corrected chi connectivity index (χ1v) is 2.46. The molecule has 0 rings (SSSR count). The van der Waals surface area contributed by atoms with Crippen LogP contribution in [0, 0.1) is 13.8 Å². The molecule has 0 saturated heterocycles. The van der Waals surface area contributed by atoms with E-state index in [4.69, 9.17) is 4.74 Å². The monoisotopic (exact) mass is 100 g/mol. The summed E-state index contributed by atoms with van der Waals surface area (Å²) in [4.78, 5) is 0. The van der Waals surface area contributed by atoms with Crippen LogP contribution in [-0.4, -0.2) is 13.2 Å². The van der Waals surface area contributed by atoms with Crippen molar-refractivity contribution in [1.29, 1.82) is 0 Å². The molecule has 1 nitrogen and oxygen atoms in total. The molecule has 0 amide bonds. The average Bonchev–Trinajstić information content (AvgIpc) is 1.68. The minimum absolute atomic E-state index is 0.137. The van der Waals surface area contributed by atoms with Crippen molar-refractivity contribution in [3.8, 4) is 0 Å². The molecular weight excluding hydrogens is 88.1 g/mol. The summed E-state index contributed by atoms with van der Waals surface area (Å²) < 4.78 is 4.84. The molecule has 0 aromatic heterocycles. The van der Waals surface area contributed by atoms with Crippen LogP contribution in [0.25, 0.3) is 0 Å². The minimum atomic E-state index is 0.137. The Morgan fingerprint density at radius 3 is 2.43 bits per heavy atom. The molecule has 0 spiro atoms. The highest BCUT2D eigenvalue weighted by Crippen LogP contribution is 1.95. The van der Waals surface area contributed by atoms with Gasteiger partial charge in [0.1, 0.15) is 0 Å². The third-order valence-corrected chi connectivity index (χ3v) is 0.859. The van der Waals surface area contributed by atoms with Crippen molar-refractivity contribution in [1.82, 2.24) is 0 Å². The molecule has 1 heteroatoms. The van der Waals surface area contributed by atoms with Crippen molar-refractivity contribution in [3.05, 3.63) is 13.8 Å². The summed E-state index contributed by atoms with van der Waals surface area (Å²) in [6, 6.07) is 0. The van der Waals surface area contributed by atoms with Crippen LogP contribution >= 0.6 is 0 Å². The molecule has 0 aromatic carbocycles. The van der Waals surface area contributed by atoms with E-state index in [0.29, 0.717) is 0 Å². The average molecular weight is 100 g/mol. The molecule has 0 N–H and O–H groups in total. The molecule has 0 heterocycles. The van der Waals surface area contributed by atoms with Crippen molar-refractivity contribution in [2.75, 3.05) is 7.11 Å². The van der Waals surface area contributed by atoms with Gasteiger partial charge in [0.25, 0.3) is 0 Å². The number of methoxy groups -OCH3 is 1. The summed E-state index contributed by atoms with van der Waals surface area (Å²) in [5.41, 5.74) is 0. The van der Waals surface area contributed by atoms with E-state index < -0.39 is 0 Å². The van der Waals surface area contributed by atoms with Gasteiger partial charge in [-0.2, -0.15) is 0 Å². The van der Waals surface area contributed by atoms with Gasteiger partial charge in [-0.05, 0) is 13.3 Å². The summed E-state index contributed by atoms with van der Waals surface area (Å²) in [7, 11) is 1.66. The third-order valence-electron chi connectivity index (χ3n) is 0.859. The molecule has 0 aliphatic heterocycles. The number of ether oxygens (including phenoxy) is 1. The Morgan fingerprint density at radius 1 is 1.71 bits per heavy atom. The molecule has 0 saturated carbocycles. The predicted octanol–water partition coefficient (Wildman–Crippen LogP) is 1.45. The van der Waals surface area contributed by atoms with Gasteiger partial charge in [-0.15, -0.1) is 0 Å². The maximum absolute atomic E-state index is 4.84. The lowest BCUT2D eigenvalue weighted by Gasteiger charge is -2.04. The Hall–Kier alpha value is -0.0400. The number of hydrogen-bond donors (Lipinski definition) is 0. The highest BCUT2D eigenvalue weighted by molar-refractivity contribution is 4.58. The van der Waals surface area contributed by atoms with Crippen LogP contribution in [0.3, 0.4) is 0 Å². The van der Waals surface area contributed by atoms with E-state index in [-0.39, 0.29) is 6.10 Å². The van der Waals surface area contributed by atoms with Crippen molar-refractivity contribution in [2.24, 2.45) is 0 Å². The molecule has 7 heavy (non-hydrogen) atoms. The molecular formula is C6H12O. The highest BCUT2D eigenvalue weighted by Gasteiger charge is 1.93. The standard InChI is InChI=1S/C6H12O/c1-4-5-6(2)7-3/h6H,1-2,4-5H2,3H3. The third kappa shape index (κ3) is 3.80. The van der Waals surface area contributed by atoms with E-state index in [1.165, 1.54) is 0 Å². The van der Waals surface area contributed by atoms with Crippen LogP contribution in [-0.2, 0) is 4.74 Å². The largest absolute Gasteiger partial charge is 0.381 e. The second-order valence-electron chi connectivity index (χ2n) is 1.50. The van der Waals surface area contributed by atoms with Gasteiger partial charge in [-0.3, -0.25) is 0 Å². The van der Waals surface area contributed by atoms with E-state index in [2.05, 4.69) is 13.8 Å². The van der Waals surface area contributed by atoms with Crippen LogP contribution < -0.4 is 0 Å². The quantitative estimate of drug-likeness (QED) is 0.521. The molecule has 0 fully saturated rings. The van der Waals surface area contributed by atoms with E-state index in [1.807, 2.05) is 0 Å². The van der Waals surface area contributed by atoms with Gasteiger partial charge in [-0.25, -0.2) is 0 Å². The smallest absolute Gasteiger partial charge is 0.0572 e. The predicted molar refractivity (Wildman–Crippen MR) is 30.7 cm³/mol. The fraction of sp³-hybridized carbons (Fsp3) is 0.667. The van der Waals surface area contributed by atoms with Crippen LogP contribution in [0.1, 0.15) is 12.8 Å². The Kier molecular flexibility index (Phi) is 4.10. The first-order chi connectivity index (χ1) is 3.31. The molecule has 0 aliphatic rings. The van der Waals surface area contributed by atoms with E-state index in [9.17, 15) is 0 Å². The Morgan fingerprint density at radius 2 is 2.29 bits per heavy atom. The van der Waals surface area contributed by atoms with Gasteiger partial charge in [0.15, 0.2) is 0 Å². The SMILES string of the molecule is [CH2]CCC([CH2])OC. The van der Waals surface area contributed by atoms with Crippen molar-refractivity contribution >= 4 is 0 Å². The minimum Gasteiger partial charge on any atom is -0.381 e. The first kappa shape index (κ1) is 6.96. The molecule has 0 aromatic rings. The molecule has 0 bridgehead atoms. The van der Waals surface area contributed by atoms with Crippen LogP contribution in [0.4, 0.5) is 0 Å². The van der Waals surface area contributed by atoms with Crippen molar-refractivity contribution in [2.45, 2.75) is 18.9 Å². The van der Waals surface area contributed by atoms with Crippen molar-refractivity contribution in [3.63, 3.8) is 0 Å². The first-order valence-electron chi connectivity index (χ1n) is 2.46. The molecule has 42 valence electrons. The summed E-state index contributed by atoms with van der Waals surface area (Å²) in [5, 5.41) is 0. The normalized spacial score (nSPS) is 14.1. The van der Waals surface area contributed by atoms with Crippen molar-refractivity contribution < 1.29 is 4.74 Å². The summed E-state index contributed by atoms with van der Waals surface area (Å²) in [5.74, 6) is 0. The summed E-state index contributed by atoms with van der Waals surface area (Å²) in [6.07, 6.45) is 2.00. The zero-order valence-electron chi connectivity index (χ0n) is 4.81. The van der Waals surface area contributed by atoms with Gasteiger partial charge in [0, 0.05) is 7.11 Å². The van der Waals surface area contributed by atoms with Crippen LogP contribution in [0.5, 0.6) is 0 Å². The lowest BCUT2D eigenvalue weighted by atomic mass is 10.2. The van der Waals surface area contributed by atoms with E-state index in [0.717, 1.165) is 12.8 Å². The highest BCUT2D eigenvalue weighted by atomic mass is 16.5. The summed E-state index contributed by atoms with van der Waals surface area (Å²) >= 11 is 0. The van der Waals surface area contributed by atoms with E-state index in [1.54, 1.807) is 7.11 Å². The Bertz CT molecular complexity index is 35.2. The van der Waals surface area contributed by atoms with Crippen LogP contribution in [0.2, 0.25) is 0 Å².